The fourth-order valence-electron chi connectivity index (χ4n) is 3.08. The number of aryl methyl sites for hydroxylation is 1. The van der Waals surface area contributed by atoms with Gasteiger partial charge in [-0.25, -0.2) is 9.97 Å². The van der Waals surface area contributed by atoms with Crippen molar-refractivity contribution in [2.75, 3.05) is 16.8 Å². The molecule has 0 radical (unpaired) electrons. The summed E-state index contributed by atoms with van der Waals surface area (Å²) in [6.07, 6.45) is 0.939. The molecule has 0 saturated heterocycles. The van der Waals surface area contributed by atoms with Crippen LogP contribution in [-0.4, -0.2) is 22.4 Å². The molecule has 130 valence electrons. The van der Waals surface area contributed by atoms with Gasteiger partial charge in [-0.15, -0.1) is 0 Å². The highest BCUT2D eigenvalue weighted by molar-refractivity contribution is 6.33. The van der Waals surface area contributed by atoms with Crippen molar-refractivity contribution in [2.24, 2.45) is 0 Å². The summed E-state index contributed by atoms with van der Waals surface area (Å²) in [5, 5.41) is 3.30. The zero-order chi connectivity index (χ0) is 18.1. The van der Waals surface area contributed by atoms with Crippen LogP contribution in [-0.2, 0) is 6.42 Å². The third kappa shape index (κ3) is 3.13. The number of amides is 1. The number of fused-ring (bicyclic) bond motifs is 1. The number of hydrogen-bond donors (Lipinski definition) is 1. The Kier molecular flexibility index (Phi) is 4.31. The summed E-state index contributed by atoms with van der Waals surface area (Å²) in [7, 11) is 0. The van der Waals surface area contributed by atoms with Gasteiger partial charge in [0.25, 0.3) is 5.91 Å². The minimum atomic E-state index is -0.308. The summed E-state index contributed by atoms with van der Waals surface area (Å²) in [5.41, 5.74) is 3.97. The lowest BCUT2D eigenvalue weighted by molar-refractivity contribution is 0.102. The van der Waals surface area contributed by atoms with Crippen LogP contribution in [0.4, 0.5) is 17.3 Å². The highest BCUT2D eigenvalue weighted by Gasteiger charge is 2.23. The van der Waals surface area contributed by atoms with Crippen molar-refractivity contribution in [2.45, 2.75) is 13.3 Å². The molecule has 1 amide bonds. The van der Waals surface area contributed by atoms with Crippen LogP contribution in [0.3, 0.4) is 0 Å². The van der Waals surface area contributed by atoms with Gasteiger partial charge in [0.1, 0.15) is 5.69 Å². The first kappa shape index (κ1) is 16.5. The van der Waals surface area contributed by atoms with Gasteiger partial charge in [-0.3, -0.25) is 4.79 Å². The smallest absolute Gasteiger partial charge is 0.274 e. The van der Waals surface area contributed by atoms with Crippen LogP contribution < -0.4 is 10.2 Å². The Balaban J connectivity index is 1.65. The van der Waals surface area contributed by atoms with E-state index in [1.165, 1.54) is 5.56 Å². The number of benzene rings is 2. The van der Waals surface area contributed by atoms with E-state index in [0.717, 1.165) is 24.3 Å². The number of aromatic nitrogens is 2. The van der Waals surface area contributed by atoms with E-state index in [9.17, 15) is 4.79 Å². The minimum Gasteiger partial charge on any atom is -0.319 e. The van der Waals surface area contributed by atoms with E-state index in [2.05, 4.69) is 32.3 Å². The van der Waals surface area contributed by atoms with E-state index in [1.54, 1.807) is 18.2 Å². The maximum Gasteiger partial charge on any atom is 0.274 e. The Morgan fingerprint density at radius 1 is 1.12 bits per heavy atom. The molecule has 2 heterocycles. The Morgan fingerprint density at radius 3 is 2.73 bits per heavy atom. The zero-order valence-corrected chi connectivity index (χ0v) is 15.0. The SMILES string of the molecule is Cc1cc(C(=O)Nc2ccccc2Cl)nc(N2CCc3ccccc32)n1. The molecule has 1 aromatic heterocycles. The van der Waals surface area contributed by atoms with Crippen molar-refractivity contribution in [3.63, 3.8) is 0 Å². The normalized spacial score (nSPS) is 12.8. The summed E-state index contributed by atoms with van der Waals surface area (Å²) in [5.74, 6) is 0.233. The molecule has 26 heavy (non-hydrogen) atoms. The summed E-state index contributed by atoms with van der Waals surface area (Å²) >= 11 is 6.12. The van der Waals surface area contributed by atoms with Gasteiger partial charge in [0.05, 0.1) is 10.7 Å². The molecule has 0 fully saturated rings. The van der Waals surface area contributed by atoms with Gasteiger partial charge in [0.2, 0.25) is 5.95 Å². The molecule has 0 spiro atoms. The molecular formula is C20H17ClN4O. The van der Waals surface area contributed by atoms with E-state index in [-0.39, 0.29) is 5.91 Å². The largest absolute Gasteiger partial charge is 0.319 e. The molecule has 1 aliphatic heterocycles. The number of carbonyl (C=O) groups is 1. The second-order valence-electron chi connectivity index (χ2n) is 6.16. The Labute approximate surface area is 156 Å². The van der Waals surface area contributed by atoms with Crippen LogP contribution in [0, 0.1) is 6.92 Å². The second-order valence-corrected chi connectivity index (χ2v) is 6.57. The summed E-state index contributed by atoms with van der Waals surface area (Å²) in [6.45, 7) is 2.66. The van der Waals surface area contributed by atoms with Crippen molar-refractivity contribution in [3.05, 3.63) is 76.6 Å². The lowest BCUT2D eigenvalue weighted by Gasteiger charge is -2.18. The average Bonchev–Trinajstić information content (AvgIpc) is 3.07. The van der Waals surface area contributed by atoms with Crippen molar-refractivity contribution in [1.29, 1.82) is 0 Å². The molecule has 0 aliphatic carbocycles. The number of halogens is 1. The number of carbonyl (C=O) groups excluding carboxylic acids is 1. The highest BCUT2D eigenvalue weighted by atomic mass is 35.5. The van der Waals surface area contributed by atoms with Gasteiger partial charge in [-0.1, -0.05) is 41.9 Å². The van der Waals surface area contributed by atoms with Gasteiger partial charge in [-0.2, -0.15) is 0 Å². The number of hydrogen-bond acceptors (Lipinski definition) is 4. The molecule has 2 aromatic carbocycles. The van der Waals surface area contributed by atoms with Crippen LogP contribution in [0.1, 0.15) is 21.7 Å². The number of rotatable bonds is 3. The predicted molar refractivity (Wildman–Crippen MR) is 103 cm³/mol. The molecule has 0 atom stereocenters. The average molecular weight is 365 g/mol. The molecule has 0 saturated carbocycles. The van der Waals surface area contributed by atoms with Crippen LogP contribution in [0.25, 0.3) is 0 Å². The number of nitrogens with zero attached hydrogens (tertiary/aromatic N) is 3. The van der Waals surface area contributed by atoms with Crippen LogP contribution in [0.2, 0.25) is 5.02 Å². The number of nitrogens with one attached hydrogen (secondary N) is 1. The van der Waals surface area contributed by atoms with Crippen molar-refractivity contribution >= 4 is 34.8 Å². The van der Waals surface area contributed by atoms with E-state index >= 15 is 0 Å². The van der Waals surface area contributed by atoms with Crippen molar-refractivity contribution in [1.82, 2.24) is 9.97 Å². The van der Waals surface area contributed by atoms with Gasteiger partial charge < -0.3 is 10.2 Å². The minimum absolute atomic E-state index is 0.308. The third-order valence-corrected chi connectivity index (χ3v) is 4.66. The van der Waals surface area contributed by atoms with E-state index in [4.69, 9.17) is 11.6 Å². The first-order chi connectivity index (χ1) is 12.6. The molecule has 0 unspecified atom stereocenters. The topological polar surface area (TPSA) is 58.1 Å². The zero-order valence-electron chi connectivity index (χ0n) is 14.2. The monoisotopic (exact) mass is 364 g/mol. The van der Waals surface area contributed by atoms with E-state index < -0.39 is 0 Å². The highest BCUT2D eigenvalue weighted by Crippen LogP contribution is 2.32. The van der Waals surface area contributed by atoms with Crippen LogP contribution >= 0.6 is 11.6 Å². The molecule has 0 bridgehead atoms. The van der Waals surface area contributed by atoms with Gasteiger partial charge in [0, 0.05) is 17.9 Å². The molecule has 4 rings (SSSR count). The second kappa shape index (κ2) is 6.77. The fraction of sp³-hybridized carbons (Fsp3) is 0.150. The fourth-order valence-corrected chi connectivity index (χ4v) is 3.27. The molecule has 3 aromatic rings. The van der Waals surface area contributed by atoms with Gasteiger partial charge in [-0.05, 0) is 43.2 Å². The standard InChI is InChI=1S/C20H17ClN4O/c1-13-12-17(19(26)23-16-8-4-3-7-15(16)21)24-20(22-13)25-11-10-14-6-2-5-9-18(14)25/h2-9,12H,10-11H2,1H3,(H,23,26). The maximum atomic E-state index is 12.7. The molecule has 6 heteroatoms. The quantitative estimate of drug-likeness (QED) is 0.749. The summed E-state index contributed by atoms with van der Waals surface area (Å²) in [4.78, 5) is 23.7. The Bertz CT molecular complexity index is 989. The van der Waals surface area contributed by atoms with Crippen LogP contribution in [0.5, 0.6) is 0 Å². The first-order valence-electron chi connectivity index (χ1n) is 8.39. The maximum absolute atomic E-state index is 12.7. The van der Waals surface area contributed by atoms with Crippen LogP contribution in [0.15, 0.2) is 54.6 Å². The predicted octanol–water partition coefficient (Wildman–Crippen LogP) is 4.38. The molecule has 5 nitrogen and oxygen atoms in total. The number of anilines is 3. The molecule has 1 aliphatic rings. The molecule has 1 N–H and O–H groups in total. The lowest BCUT2D eigenvalue weighted by atomic mass is 10.2. The van der Waals surface area contributed by atoms with Crippen molar-refractivity contribution < 1.29 is 4.79 Å². The molecular weight excluding hydrogens is 348 g/mol. The number of para-hydroxylation sites is 2. The Morgan fingerprint density at radius 2 is 1.88 bits per heavy atom. The Hall–Kier alpha value is -2.92. The van der Waals surface area contributed by atoms with E-state index in [0.29, 0.717) is 22.4 Å². The third-order valence-electron chi connectivity index (χ3n) is 4.33. The first-order valence-corrected chi connectivity index (χ1v) is 8.76. The summed E-state index contributed by atoms with van der Waals surface area (Å²) < 4.78 is 0. The van der Waals surface area contributed by atoms with E-state index in [1.807, 2.05) is 31.2 Å². The summed E-state index contributed by atoms with van der Waals surface area (Å²) in [6, 6.07) is 17.0. The van der Waals surface area contributed by atoms with Gasteiger partial charge >= 0.3 is 0 Å². The van der Waals surface area contributed by atoms with Gasteiger partial charge in [0.15, 0.2) is 0 Å². The lowest BCUT2D eigenvalue weighted by Crippen LogP contribution is -2.20. The van der Waals surface area contributed by atoms with Crippen molar-refractivity contribution in [3.8, 4) is 0 Å².